The van der Waals surface area contributed by atoms with Crippen LogP contribution in [0, 0.1) is 0 Å². The Labute approximate surface area is 168 Å². The molecule has 28 heavy (non-hydrogen) atoms. The molecule has 5 aromatic rings. The maximum absolute atomic E-state index is 12.7. The first kappa shape index (κ1) is 16.9. The molecule has 3 aromatic heterocycles. The van der Waals surface area contributed by atoms with Gasteiger partial charge in [0.15, 0.2) is 5.82 Å². The summed E-state index contributed by atoms with van der Waals surface area (Å²) in [6.07, 6.45) is 1.71. The van der Waals surface area contributed by atoms with Gasteiger partial charge in [-0.2, -0.15) is 9.50 Å². The third-order valence-electron chi connectivity index (χ3n) is 4.22. The van der Waals surface area contributed by atoms with E-state index in [1.54, 1.807) is 6.08 Å². The zero-order valence-corrected chi connectivity index (χ0v) is 15.9. The Morgan fingerprint density at radius 1 is 1.00 bits per heavy atom. The van der Waals surface area contributed by atoms with Crippen molar-refractivity contribution in [3.8, 4) is 22.7 Å². The van der Waals surface area contributed by atoms with E-state index < -0.39 is 0 Å². The molecule has 2 aromatic carbocycles. The molecular formula is C21H12ClN3O2S. The van der Waals surface area contributed by atoms with Gasteiger partial charge in [-0.15, -0.1) is 5.10 Å². The van der Waals surface area contributed by atoms with Crippen molar-refractivity contribution >= 4 is 34.0 Å². The van der Waals surface area contributed by atoms with Gasteiger partial charge < -0.3 is 4.42 Å². The number of halogens is 1. The zero-order valence-electron chi connectivity index (χ0n) is 14.4. The summed E-state index contributed by atoms with van der Waals surface area (Å²) < 4.78 is 7.70. The molecule has 0 aliphatic carbocycles. The van der Waals surface area contributed by atoms with Crippen LogP contribution in [0.3, 0.4) is 0 Å². The lowest BCUT2D eigenvalue weighted by molar-refractivity contribution is 0.571. The van der Waals surface area contributed by atoms with E-state index in [4.69, 9.17) is 16.0 Å². The summed E-state index contributed by atoms with van der Waals surface area (Å²) in [5, 5.41) is 4.99. The molecule has 0 aliphatic heterocycles. The average molecular weight is 406 g/mol. The molecule has 0 unspecified atom stereocenters. The largest absolute Gasteiger partial charge is 0.457 e. The van der Waals surface area contributed by atoms with Crippen LogP contribution in [0.5, 0.6) is 0 Å². The molecule has 0 saturated carbocycles. The number of rotatable bonds is 3. The Kier molecular flexibility index (Phi) is 4.07. The first-order chi connectivity index (χ1) is 13.7. The summed E-state index contributed by atoms with van der Waals surface area (Å²) in [7, 11) is 0. The number of nitrogens with zero attached hydrogens (tertiary/aromatic N) is 3. The monoisotopic (exact) mass is 405 g/mol. The van der Waals surface area contributed by atoms with E-state index in [9.17, 15) is 4.79 Å². The van der Waals surface area contributed by atoms with Gasteiger partial charge in [0, 0.05) is 22.2 Å². The Morgan fingerprint density at radius 2 is 1.82 bits per heavy atom. The second-order valence-corrected chi connectivity index (χ2v) is 7.57. The van der Waals surface area contributed by atoms with Crippen molar-refractivity contribution < 1.29 is 4.42 Å². The molecule has 0 atom stereocenters. The van der Waals surface area contributed by atoms with Crippen molar-refractivity contribution in [3.63, 3.8) is 0 Å². The molecule has 0 fully saturated rings. The minimum absolute atomic E-state index is 0.213. The minimum Gasteiger partial charge on any atom is -0.457 e. The average Bonchev–Trinajstić information content (AvgIpc) is 3.41. The molecule has 0 N–H and O–H groups in total. The molecule has 0 aliphatic rings. The minimum atomic E-state index is -0.213. The summed E-state index contributed by atoms with van der Waals surface area (Å²) in [6, 6.07) is 20.7. The Balaban J connectivity index is 1.53. The van der Waals surface area contributed by atoms with Gasteiger partial charge >= 0.3 is 0 Å². The fourth-order valence-electron chi connectivity index (χ4n) is 2.90. The van der Waals surface area contributed by atoms with Crippen LogP contribution in [0.25, 0.3) is 33.7 Å². The van der Waals surface area contributed by atoms with Gasteiger partial charge in [0.2, 0.25) is 4.96 Å². The predicted molar refractivity (Wildman–Crippen MR) is 111 cm³/mol. The summed E-state index contributed by atoms with van der Waals surface area (Å²) in [5.41, 5.74) is 1.54. The Hall–Kier alpha value is -3.22. The number of hydrogen-bond donors (Lipinski definition) is 0. The third kappa shape index (κ3) is 3.02. The number of aromatic nitrogens is 3. The van der Waals surface area contributed by atoms with Crippen molar-refractivity contribution in [1.29, 1.82) is 0 Å². The predicted octanol–water partition coefficient (Wildman–Crippen LogP) is 4.28. The van der Waals surface area contributed by atoms with Crippen LogP contribution in [0.15, 0.2) is 75.9 Å². The van der Waals surface area contributed by atoms with Gasteiger partial charge in [-0.05, 0) is 24.3 Å². The number of fused-ring (bicyclic) bond motifs is 1. The molecule has 5 rings (SSSR count). The fourth-order valence-corrected chi connectivity index (χ4v) is 3.98. The highest BCUT2D eigenvalue weighted by Gasteiger charge is 2.12. The quantitative estimate of drug-likeness (QED) is 0.449. The number of benzene rings is 2. The molecular weight excluding hydrogens is 394 g/mol. The molecule has 0 saturated heterocycles. The standard InChI is InChI=1S/C21H12ClN3O2S/c22-15-8-4-7-14(11-15)17-10-9-16(27-17)12-18-20(26)25-21(28-18)23-19(24-25)13-5-2-1-3-6-13/h1-12H. The summed E-state index contributed by atoms with van der Waals surface area (Å²) in [6.45, 7) is 0. The normalized spacial score (nSPS) is 12.1. The van der Waals surface area contributed by atoms with Gasteiger partial charge in [0.1, 0.15) is 16.1 Å². The molecule has 5 nitrogen and oxygen atoms in total. The molecule has 0 radical (unpaired) electrons. The van der Waals surface area contributed by atoms with Gasteiger partial charge in [-0.1, -0.05) is 65.4 Å². The van der Waals surface area contributed by atoms with E-state index in [2.05, 4.69) is 10.1 Å². The van der Waals surface area contributed by atoms with E-state index in [1.807, 2.05) is 66.7 Å². The highest BCUT2D eigenvalue weighted by atomic mass is 35.5. The van der Waals surface area contributed by atoms with Crippen molar-refractivity contribution in [2.45, 2.75) is 0 Å². The van der Waals surface area contributed by atoms with Crippen LogP contribution in [-0.2, 0) is 0 Å². The second-order valence-electron chi connectivity index (χ2n) is 6.12. The number of hydrogen-bond acceptors (Lipinski definition) is 5. The molecule has 7 heteroatoms. The smallest absolute Gasteiger partial charge is 0.291 e. The lowest BCUT2D eigenvalue weighted by atomic mass is 10.2. The highest BCUT2D eigenvalue weighted by Crippen LogP contribution is 2.25. The van der Waals surface area contributed by atoms with Crippen molar-refractivity contribution in [2.24, 2.45) is 0 Å². The Morgan fingerprint density at radius 3 is 2.61 bits per heavy atom. The summed E-state index contributed by atoms with van der Waals surface area (Å²) >= 11 is 7.32. The SMILES string of the molecule is O=c1c(=Cc2ccc(-c3cccc(Cl)c3)o2)sc2nc(-c3ccccc3)nn12. The first-order valence-corrected chi connectivity index (χ1v) is 9.69. The number of thiazole rings is 1. The summed E-state index contributed by atoms with van der Waals surface area (Å²) in [4.78, 5) is 17.7. The molecule has 0 amide bonds. The van der Waals surface area contributed by atoms with E-state index in [-0.39, 0.29) is 5.56 Å². The van der Waals surface area contributed by atoms with Crippen molar-refractivity contribution in [2.75, 3.05) is 0 Å². The molecule has 3 heterocycles. The van der Waals surface area contributed by atoms with Gasteiger partial charge in [0.25, 0.3) is 5.56 Å². The maximum atomic E-state index is 12.7. The van der Waals surface area contributed by atoms with Crippen LogP contribution in [0.1, 0.15) is 5.76 Å². The van der Waals surface area contributed by atoms with Crippen LogP contribution in [0.4, 0.5) is 0 Å². The van der Waals surface area contributed by atoms with E-state index >= 15 is 0 Å². The second kappa shape index (κ2) is 6.74. The van der Waals surface area contributed by atoms with E-state index in [1.165, 1.54) is 15.9 Å². The topological polar surface area (TPSA) is 60.4 Å². The molecule has 136 valence electrons. The van der Waals surface area contributed by atoms with Crippen LogP contribution in [-0.4, -0.2) is 14.6 Å². The fraction of sp³-hybridized carbons (Fsp3) is 0. The third-order valence-corrected chi connectivity index (χ3v) is 5.42. The molecule has 0 bridgehead atoms. The van der Waals surface area contributed by atoms with Crippen LogP contribution >= 0.6 is 22.9 Å². The maximum Gasteiger partial charge on any atom is 0.291 e. The van der Waals surface area contributed by atoms with E-state index in [0.717, 1.165) is 11.1 Å². The van der Waals surface area contributed by atoms with Gasteiger partial charge in [-0.25, -0.2) is 0 Å². The first-order valence-electron chi connectivity index (χ1n) is 8.50. The summed E-state index contributed by atoms with van der Waals surface area (Å²) in [5.74, 6) is 1.81. The number of furan rings is 1. The van der Waals surface area contributed by atoms with Crippen molar-refractivity contribution in [3.05, 3.63) is 92.4 Å². The van der Waals surface area contributed by atoms with E-state index in [0.29, 0.717) is 31.9 Å². The lowest BCUT2D eigenvalue weighted by Gasteiger charge is -1.96. The van der Waals surface area contributed by atoms with Crippen LogP contribution in [0.2, 0.25) is 5.02 Å². The highest BCUT2D eigenvalue weighted by molar-refractivity contribution is 7.15. The zero-order chi connectivity index (χ0) is 19.1. The van der Waals surface area contributed by atoms with Crippen LogP contribution < -0.4 is 10.1 Å². The lowest BCUT2D eigenvalue weighted by Crippen LogP contribution is -2.23. The Bertz CT molecular complexity index is 1400. The van der Waals surface area contributed by atoms with Gasteiger partial charge in [-0.3, -0.25) is 4.79 Å². The van der Waals surface area contributed by atoms with Gasteiger partial charge in [0.05, 0.1) is 0 Å². The van der Waals surface area contributed by atoms with Crippen molar-refractivity contribution in [1.82, 2.24) is 14.6 Å². The molecule has 0 spiro atoms.